The molecule has 0 fully saturated rings. The summed E-state index contributed by atoms with van der Waals surface area (Å²) >= 11 is 1.77. The Morgan fingerprint density at radius 1 is 1.28 bits per heavy atom. The van der Waals surface area contributed by atoms with Crippen molar-refractivity contribution in [2.75, 3.05) is 7.05 Å². The van der Waals surface area contributed by atoms with Crippen molar-refractivity contribution in [2.24, 2.45) is 0 Å². The number of thiazole rings is 1. The Morgan fingerprint density at radius 3 is 2.67 bits per heavy atom. The van der Waals surface area contributed by atoms with Crippen molar-refractivity contribution in [1.29, 1.82) is 0 Å². The molecule has 1 atom stereocenters. The molecule has 2 aromatic rings. The molecule has 3 heteroatoms. The molecule has 0 aliphatic heterocycles. The topological polar surface area (TPSA) is 24.9 Å². The minimum atomic E-state index is 0.451. The maximum Gasteiger partial charge on any atom is 0.0928 e. The standard InChI is InChI=1S/C15H20N2S/c1-12-11-18-15(17-12)10-6-9-14(16-2)13-7-4-3-5-8-13/h3-5,7-8,11,14,16H,6,9-10H2,1-2H3. The van der Waals surface area contributed by atoms with Crippen molar-refractivity contribution in [3.05, 3.63) is 52.0 Å². The van der Waals surface area contributed by atoms with E-state index in [1.165, 1.54) is 17.0 Å². The van der Waals surface area contributed by atoms with Crippen molar-refractivity contribution in [2.45, 2.75) is 32.2 Å². The zero-order chi connectivity index (χ0) is 12.8. The lowest BCUT2D eigenvalue weighted by molar-refractivity contribution is 0.526. The second-order valence-corrected chi connectivity index (χ2v) is 5.47. The predicted octanol–water partition coefficient (Wildman–Crippen LogP) is 3.73. The third kappa shape index (κ3) is 3.65. The highest BCUT2D eigenvalue weighted by molar-refractivity contribution is 7.09. The molecule has 2 nitrogen and oxygen atoms in total. The van der Waals surface area contributed by atoms with Crippen molar-refractivity contribution in [3.8, 4) is 0 Å². The van der Waals surface area contributed by atoms with Gasteiger partial charge >= 0.3 is 0 Å². The van der Waals surface area contributed by atoms with Gasteiger partial charge in [-0.3, -0.25) is 0 Å². The first kappa shape index (κ1) is 13.2. The summed E-state index contributed by atoms with van der Waals surface area (Å²) in [6.07, 6.45) is 3.41. The largest absolute Gasteiger partial charge is 0.313 e. The van der Waals surface area contributed by atoms with Crippen LogP contribution in [0.3, 0.4) is 0 Å². The minimum absolute atomic E-state index is 0.451. The van der Waals surface area contributed by atoms with Gasteiger partial charge in [-0.25, -0.2) is 4.98 Å². The molecule has 1 aromatic carbocycles. The Labute approximate surface area is 113 Å². The van der Waals surface area contributed by atoms with Gasteiger partial charge in [-0.1, -0.05) is 30.3 Å². The first-order valence-corrected chi connectivity index (χ1v) is 7.31. The maximum atomic E-state index is 4.50. The van der Waals surface area contributed by atoms with Crippen LogP contribution < -0.4 is 5.32 Å². The van der Waals surface area contributed by atoms with Gasteiger partial charge in [0.15, 0.2) is 0 Å². The van der Waals surface area contributed by atoms with Gasteiger partial charge in [-0.05, 0) is 38.8 Å². The number of nitrogens with one attached hydrogen (secondary N) is 1. The quantitative estimate of drug-likeness (QED) is 0.856. The number of aryl methyl sites for hydroxylation is 2. The molecule has 18 heavy (non-hydrogen) atoms. The van der Waals surface area contributed by atoms with E-state index in [4.69, 9.17) is 0 Å². The van der Waals surface area contributed by atoms with Crippen LogP contribution in [0.5, 0.6) is 0 Å². The fraction of sp³-hybridized carbons (Fsp3) is 0.400. The van der Waals surface area contributed by atoms with E-state index in [1.807, 2.05) is 7.05 Å². The molecule has 2 rings (SSSR count). The predicted molar refractivity (Wildman–Crippen MR) is 78.0 cm³/mol. The van der Waals surface area contributed by atoms with Crippen molar-refractivity contribution < 1.29 is 0 Å². The first-order valence-electron chi connectivity index (χ1n) is 6.43. The van der Waals surface area contributed by atoms with Crippen LogP contribution in [0.2, 0.25) is 0 Å². The van der Waals surface area contributed by atoms with Crippen LogP contribution in [0.1, 0.15) is 35.1 Å². The second-order valence-electron chi connectivity index (χ2n) is 4.53. The Balaban J connectivity index is 1.84. The summed E-state index contributed by atoms with van der Waals surface area (Å²) in [7, 11) is 2.03. The molecule has 0 amide bonds. The average molecular weight is 260 g/mol. The molecule has 1 heterocycles. The second kappa shape index (κ2) is 6.66. The van der Waals surface area contributed by atoms with Crippen LogP contribution in [-0.2, 0) is 6.42 Å². The van der Waals surface area contributed by atoms with Crippen molar-refractivity contribution >= 4 is 11.3 Å². The highest BCUT2D eigenvalue weighted by Gasteiger charge is 2.08. The third-order valence-electron chi connectivity index (χ3n) is 3.10. The van der Waals surface area contributed by atoms with Crippen LogP contribution in [0.25, 0.3) is 0 Å². The van der Waals surface area contributed by atoms with Crippen LogP contribution in [-0.4, -0.2) is 12.0 Å². The van der Waals surface area contributed by atoms with E-state index in [-0.39, 0.29) is 0 Å². The number of hydrogen-bond acceptors (Lipinski definition) is 3. The normalized spacial score (nSPS) is 12.6. The van der Waals surface area contributed by atoms with Gasteiger partial charge in [0.05, 0.1) is 5.01 Å². The molecule has 0 radical (unpaired) electrons. The van der Waals surface area contributed by atoms with E-state index in [1.54, 1.807) is 11.3 Å². The Morgan fingerprint density at radius 2 is 2.06 bits per heavy atom. The summed E-state index contributed by atoms with van der Waals surface area (Å²) in [5.41, 5.74) is 2.51. The van der Waals surface area contributed by atoms with Gasteiger partial charge in [-0.15, -0.1) is 11.3 Å². The van der Waals surface area contributed by atoms with Gasteiger partial charge in [0.2, 0.25) is 0 Å². The Hall–Kier alpha value is -1.19. The lowest BCUT2D eigenvalue weighted by atomic mass is 10.0. The molecule has 1 aromatic heterocycles. The molecular formula is C15H20N2S. The lowest BCUT2D eigenvalue weighted by Crippen LogP contribution is -2.16. The molecule has 96 valence electrons. The van der Waals surface area contributed by atoms with Gasteiger partial charge in [-0.2, -0.15) is 0 Å². The molecule has 1 unspecified atom stereocenters. The minimum Gasteiger partial charge on any atom is -0.313 e. The molecule has 0 aliphatic carbocycles. The van der Waals surface area contributed by atoms with Gasteiger partial charge in [0.25, 0.3) is 0 Å². The smallest absolute Gasteiger partial charge is 0.0928 e. The number of nitrogens with zero attached hydrogens (tertiary/aromatic N) is 1. The third-order valence-corrected chi connectivity index (χ3v) is 4.13. The summed E-state index contributed by atoms with van der Waals surface area (Å²) in [5.74, 6) is 0. The van der Waals surface area contributed by atoms with E-state index in [0.717, 1.165) is 18.5 Å². The summed E-state index contributed by atoms with van der Waals surface area (Å²) in [6.45, 7) is 2.06. The van der Waals surface area contributed by atoms with E-state index in [9.17, 15) is 0 Å². The van der Waals surface area contributed by atoms with E-state index >= 15 is 0 Å². The molecule has 0 aliphatic rings. The summed E-state index contributed by atoms with van der Waals surface area (Å²) in [6, 6.07) is 11.1. The van der Waals surface area contributed by atoms with Crippen LogP contribution in [0, 0.1) is 6.92 Å². The van der Waals surface area contributed by atoms with Crippen LogP contribution in [0.15, 0.2) is 35.7 Å². The summed E-state index contributed by atoms with van der Waals surface area (Å²) < 4.78 is 0. The fourth-order valence-electron chi connectivity index (χ4n) is 2.14. The SMILES string of the molecule is CNC(CCCc1nc(C)cs1)c1ccccc1. The summed E-state index contributed by atoms with van der Waals surface area (Å²) in [4.78, 5) is 4.50. The Bertz CT molecular complexity index is 464. The zero-order valence-electron chi connectivity index (χ0n) is 11.0. The molecule has 0 bridgehead atoms. The van der Waals surface area contributed by atoms with Crippen molar-refractivity contribution in [1.82, 2.24) is 10.3 Å². The van der Waals surface area contributed by atoms with E-state index in [0.29, 0.717) is 6.04 Å². The number of rotatable bonds is 6. The maximum absolute atomic E-state index is 4.50. The molecule has 0 saturated carbocycles. The van der Waals surface area contributed by atoms with E-state index in [2.05, 4.69) is 52.9 Å². The van der Waals surface area contributed by atoms with Gasteiger partial charge in [0.1, 0.15) is 0 Å². The number of aromatic nitrogens is 1. The monoisotopic (exact) mass is 260 g/mol. The lowest BCUT2D eigenvalue weighted by Gasteiger charge is -2.16. The van der Waals surface area contributed by atoms with E-state index < -0.39 is 0 Å². The highest BCUT2D eigenvalue weighted by atomic mass is 32.1. The zero-order valence-corrected chi connectivity index (χ0v) is 11.8. The van der Waals surface area contributed by atoms with Gasteiger partial charge < -0.3 is 5.32 Å². The average Bonchev–Trinajstić information content (AvgIpc) is 2.81. The van der Waals surface area contributed by atoms with Gasteiger partial charge in [0, 0.05) is 17.1 Å². The highest BCUT2D eigenvalue weighted by Crippen LogP contribution is 2.20. The molecule has 0 saturated heterocycles. The number of hydrogen-bond donors (Lipinski definition) is 1. The molecule has 0 spiro atoms. The van der Waals surface area contributed by atoms with Crippen LogP contribution in [0.4, 0.5) is 0 Å². The first-order chi connectivity index (χ1) is 8.79. The molecule has 1 N–H and O–H groups in total. The Kier molecular flexibility index (Phi) is 4.90. The van der Waals surface area contributed by atoms with Crippen LogP contribution >= 0.6 is 11.3 Å². The molecular weight excluding hydrogens is 240 g/mol. The van der Waals surface area contributed by atoms with Crippen molar-refractivity contribution in [3.63, 3.8) is 0 Å². The number of benzene rings is 1. The fourth-order valence-corrected chi connectivity index (χ4v) is 2.96. The summed E-state index contributed by atoms with van der Waals surface area (Å²) in [5, 5.41) is 6.78.